The molecule has 25 heavy (non-hydrogen) atoms. The lowest BCUT2D eigenvalue weighted by Gasteiger charge is -2.32. The van der Waals surface area contributed by atoms with E-state index in [4.69, 9.17) is 0 Å². The number of carbonyl (C=O) groups is 2. The number of hydrazone groups is 1. The average Bonchev–Trinajstić information content (AvgIpc) is 3.08. The van der Waals surface area contributed by atoms with E-state index in [0.717, 1.165) is 25.9 Å². The number of nitrogens with one attached hydrogen (secondary N) is 1. The van der Waals surface area contributed by atoms with Crippen LogP contribution in [0.4, 0.5) is 0 Å². The summed E-state index contributed by atoms with van der Waals surface area (Å²) < 4.78 is 0. The number of likely N-dealkylation sites (tertiary alicyclic amines) is 1. The molecule has 3 heterocycles. The Morgan fingerprint density at radius 2 is 1.96 bits per heavy atom. The van der Waals surface area contributed by atoms with E-state index in [2.05, 4.69) is 28.3 Å². The summed E-state index contributed by atoms with van der Waals surface area (Å²) in [7, 11) is 1.61. The Labute approximate surface area is 146 Å². The Hall–Kier alpha value is -2.63. The highest BCUT2D eigenvalue weighted by molar-refractivity contribution is 6.39. The minimum atomic E-state index is -0.0333. The first-order valence-electron chi connectivity index (χ1n) is 8.83. The van der Waals surface area contributed by atoms with Gasteiger partial charge in [-0.3, -0.25) is 9.59 Å². The summed E-state index contributed by atoms with van der Waals surface area (Å²) in [5.41, 5.74) is 2.93. The molecule has 6 heteroatoms. The third kappa shape index (κ3) is 3.04. The van der Waals surface area contributed by atoms with Gasteiger partial charge in [0.2, 0.25) is 5.91 Å². The molecule has 4 rings (SSSR count). The van der Waals surface area contributed by atoms with Gasteiger partial charge in [0.15, 0.2) is 0 Å². The molecule has 1 aromatic heterocycles. The molecule has 6 nitrogen and oxygen atoms in total. The number of rotatable bonds is 2. The van der Waals surface area contributed by atoms with Crippen LogP contribution in [0.25, 0.3) is 10.9 Å². The molecule has 1 aromatic carbocycles. The molecule has 1 fully saturated rings. The number of H-pyrrole nitrogens is 1. The highest BCUT2D eigenvalue weighted by Gasteiger charge is 2.29. The number of amides is 2. The minimum Gasteiger partial charge on any atom is -0.358 e. The van der Waals surface area contributed by atoms with Gasteiger partial charge in [0.1, 0.15) is 5.71 Å². The molecule has 2 aliphatic heterocycles. The Kier molecular flexibility index (Phi) is 4.03. The fourth-order valence-electron chi connectivity index (χ4n) is 3.72. The summed E-state index contributed by atoms with van der Waals surface area (Å²) in [4.78, 5) is 29.5. The van der Waals surface area contributed by atoms with Crippen molar-refractivity contribution in [1.29, 1.82) is 0 Å². The van der Waals surface area contributed by atoms with Gasteiger partial charge in [-0.25, -0.2) is 5.01 Å². The largest absolute Gasteiger partial charge is 0.358 e. The second kappa shape index (κ2) is 6.35. The number of aromatic amines is 1. The highest BCUT2D eigenvalue weighted by atomic mass is 16.2. The maximum Gasteiger partial charge on any atom is 0.270 e. The molecule has 0 saturated carbocycles. The van der Waals surface area contributed by atoms with E-state index in [0.29, 0.717) is 24.5 Å². The van der Waals surface area contributed by atoms with Crippen molar-refractivity contribution in [3.63, 3.8) is 0 Å². The second-order valence-corrected chi connectivity index (χ2v) is 6.84. The quantitative estimate of drug-likeness (QED) is 0.914. The van der Waals surface area contributed by atoms with Gasteiger partial charge < -0.3 is 9.88 Å². The SMILES string of the molecule is CN1N=C(C(=O)N2CCC(c3cc4ccccc4[nH]3)CC2)CCC1=O. The van der Waals surface area contributed by atoms with Crippen LogP contribution in [-0.2, 0) is 9.59 Å². The third-order valence-electron chi connectivity index (χ3n) is 5.23. The van der Waals surface area contributed by atoms with Gasteiger partial charge in [0.25, 0.3) is 5.91 Å². The maximum absolute atomic E-state index is 12.6. The molecule has 0 atom stereocenters. The number of aromatic nitrogens is 1. The summed E-state index contributed by atoms with van der Waals surface area (Å²) in [5.74, 6) is 0.400. The molecule has 1 saturated heterocycles. The van der Waals surface area contributed by atoms with Gasteiger partial charge >= 0.3 is 0 Å². The van der Waals surface area contributed by atoms with E-state index in [1.165, 1.54) is 21.6 Å². The number of benzene rings is 1. The topological polar surface area (TPSA) is 68.8 Å². The molecule has 2 aromatic rings. The molecule has 0 aliphatic carbocycles. The Bertz CT molecular complexity index is 813. The van der Waals surface area contributed by atoms with Crippen molar-refractivity contribution >= 4 is 28.4 Å². The fraction of sp³-hybridized carbons (Fsp3) is 0.421. The number of para-hydroxylation sites is 1. The first-order chi connectivity index (χ1) is 12.1. The van der Waals surface area contributed by atoms with E-state index in [-0.39, 0.29) is 11.8 Å². The van der Waals surface area contributed by atoms with E-state index in [1.54, 1.807) is 7.05 Å². The van der Waals surface area contributed by atoms with Crippen molar-refractivity contribution in [2.24, 2.45) is 5.10 Å². The summed E-state index contributed by atoms with van der Waals surface area (Å²) in [6.45, 7) is 1.46. The van der Waals surface area contributed by atoms with Crippen LogP contribution in [0.15, 0.2) is 35.4 Å². The normalized spacial score (nSPS) is 19.4. The van der Waals surface area contributed by atoms with Crippen LogP contribution in [0.3, 0.4) is 0 Å². The minimum absolute atomic E-state index is 0.0190. The highest BCUT2D eigenvalue weighted by Crippen LogP contribution is 2.30. The first kappa shape index (κ1) is 15.9. The number of nitrogens with zero attached hydrogens (tertiary/aromatic N) is 3. The predicted molar refractivity (Wildman–Crippen MR) is 96.3 cm³/mol. The van der Waals surface area contributed by atoms with Crippen LogP contribution in [0.2, 0.25) is 0 Å². The second-order valence-electron chi connectivity index (χ2n) is 6.84. The van der Waals surface area contributed by atoms with Crippen LogP contribution in [-0.4, -0.2) is 52.6 Å². The van der Waals surface area contributed by atoms with Crippen molar-refractivity contribution in [3.05, 3.63) is 36.0 Å². The standard InChI is InChI=1S/C19H22N4O2/c1-22-18(24)7-6-16(21-22)19(25)23-10-8-13(9-11-23)17-12-14-4-2-3-5-15(14)20-17/h2-5,12-13,20H,6-11H2,1H3. The van der Waals surface area contributed by atoms with Crippen LogP contribution >= 0.6 is 0 Å². The molecule has 2 aliphatic rings. The maximum atomic E-state index is 12.6. The Balaban J connectivity index is 1.42. The zero-order valence-electron chi connectivity index (χ0n) is 14.4. The monoisotopic (exact) mass is 338 g/mol. The fourth-order valence-corrected chi connectivity index (χ4v) is 3.72. The first-order valence-corrected chi connectivity index (χ1v) is 8.83. The number of hydrogen-bond donors (Lipinski definition) is 1. The van der Waals surface area contributed by atoms with Crippen molar-refractivity contribution in [1.82, 2.24) is 14.9 Å². The van der Waals surface area contributed by atoms with Gasteiger partial charge in [-0.2, -0.15) is 5.10 Å². The van der Waals surface area contributed by atoms with Gasteiger partial charge in [-0.05, 0) is 30.4 Å². The number of piperidine rings is 1. The molecule has 0 unspecified atom stereocenters. The van der Waals surface area contributed by atoms with E-state index in [9.17, 15) is 9.59 Å². The van der Waals surface area contributed by atoms with Gasteiger partial charge in [-0.1, -0.05) is 18.2 Å². The lowest BCUT2D eigenvalue weighted by atomic mass is 9.93. The lowest BCUT2D eigenvalue weighted by Crippen LogP contribution is -2.44. The van der Waals surface area contributed by atoms with Crippen LogP contribution in [0.5, 0.6) is 0 Å². The van der Waals surface area contributed by atoms with Crippen molar-refractivity contribution in [2.75, 3.05) is 20.1 Å². The molecule has 0 spiro atoms. The zero-order chi connectivity index (χ0) is 17.4. The predicted octanol–water partition coefficient (Wildman–Crippen LogP) is 2.48. The number of carbonyl (C=O) groups excluding carboxylic acids is 2. The molecule has 1 N–H and O–H groups in total. The molecular formula is C19H22N4O2. The van der Waals surface area contributed by atoms with Crippen molar-refractivity contribution in [3.8, 4) is 0 Å². The summed E-state index contributed by atoms with van der Waals surface area (Å²) in [6.07, 6.45) is 2.71. The van der Waals surface area contributed by atoms with Gasteiger partial charge in [0, 0.05) is 50.1 Å². The van der Waals surface area contributed by atoms with E-state index >= 15 is 0 Å². The van der Waals surface area contributed by atoms with Gasteiger partial charge in [0.05, 0.1) is 0 Å². The van der Waals surface area contributed by atoms with Crippen LogP contribution in [0, 0.1) is 0 Å². The Morgan fingerprint density at radius 3 is 2.68 bits per heavy atom. The third-order valence-corrected chi connectivity index (χ3v) is 5.23. The Morgan fingerprint density at radius 1 is 1.20 bits per heavy atom. The van der Waals surface area contributed by atoms with Crippen LogP contribution < -0.4 is 0 Å². The van der Waals surface area contributed by atoms with Crippen molar-refractivity contribution < 1.29 is 9.59 Å². The number of hydrogen-bond acceptors (Lipinski definition) is 3. The molecule has 130 valence electrons. The van der Waals surface area contributed by atoms with E-state index < -0.39 is 0 Å². The summed E-state index contributed by atoms with van der Waals surface area (Å²) in [5, 5.41) is 6.67. The summed E-state index contributed by atoms with van der Waals surface area (Å²) >= 11 is 0. The van der Waals surface area contributed by atoms with Gasteiger partial charge in [-0.15, -0.1) is 0 Å². The van der Waals surface area contributed by atoms with E-state index in [1.807, 2.05) is 17.0 Å². The zero-order valence-corrected chi connectivity index (χ0v) is 14.4. The van der Waals surface area contributed by atoms with Crippen LogP contribution in [0.1, 0.15) is 37.3 Å². The molecule has 0 radical (unpaired) electrons. The number of fused-ring (bicyclic) bond motifs is 1. The lowest BCUT2D eigenvalue weighted by molar-refractivity contribution is -0.130. The summed E-state index contributed by atoms with van der Waals surface area (Å²) in [6, 6.07) is 10.5. The average molecular weight is 338 g/mol. The van der Waals surface area contributed by atoms with Crippen molar-refractivity contribution in [2.45, 2.75) is 31.6 Å². The molecule has 0 bridgehead atoms. The molecule has 2 amide bonds. The molecular weight excluding hydrogens is 316 g/mol. The smallest absolute Gasteiger partial charge is 0.270 e.